The molecular weight excluding hydrogens is 384 g/mol. The molecule has 0 unspecified atom stereocenters. The molecule has 0 spiro atoms. The van der Waals surface area contributed by atoms with Gasteiger partial charge in [0, 0.05) is 24.9 Å². The van der Waals surface area contributed by atoms with Crippen molar-refractivity contribution in [1.29, 1.82) is 0 Å². The van der Waals surface area contributed by atoms with Gasteiger partial charge in [0.05, 0.1) is 0 Å². The summed E-state index contributed by atoms with van der Waals surface area (Å²) in [6.45, 7) is 4.00. The lowest BCUT2D eigenvalue weighted by Crippen LogP contribution is -2.26. The van der Waals surface area contributed by atoms with Crippen LogP contribution in [0.25, 0.3) is 11.0 Å². The number of nitrogens with one attached hydrogen (secondary N) is 1. The predicted molar refractivity (Wildman–Crippen MR) is 112 cm³/mol. The van der Waals surface area contributed by atoms with Gasteiger partial charge in [-0.05, 0) is 74.1 Å². The molecule has 3 aromatic rings. The first kappa shape index (κ1) is 21.4. The second kappa shape index (κ2) is 10.5. The third-order valence-corrected chi connectivity index (χ3v) is 4.32. The first-order valence-electron chi connectivity index (χ1n) is 10.0. The molecule has 8 nitrogen and oxygen atoms in total. The molecule has 0 fully saturated rings. The van der Waals surface area contributed by atoms with Crippen LogP contribution in [0.5, 0.6) is 11.6 Å². The number of ether oxygens (including phenoxy) is 1. The van der Waals surface area contributed by atoms with Gasteiger partial charge in [-0.2, -0.15) is 0 Å². The minimum Gasteiger partial charge on any atom is -0.438 e. The van der Waals surface area contributed by atoms with E-state index in [4.69, 9.17) is 9.84 Å². The number of aliphatic hydroxyl groups is 1. The van der Waals surface area contributed by atoms with E-state index in [1.807, 2.05) is 0 Å². The molecule has 1 aliphatic carbocycles. The summed E-state index contributed by atoms with van der Waals surface area (Å²) < 4.78 is 10.5. The Hall–Kier alpha value is -3.26. The van der Waals surface area contributed by atoms with Gasteiger partial charge in [0.25, 0.3) is 5.91 Å². The van der Waals surface area contributed by atoms with Crippen molar-refractivity contribution < 1.29 is 19.3 Å². The Morgan fingerprint density at radius 1 is 1.23 bits per heavy atom. The molecule has 158 valence electrons. The van der Waals surface area contributed by atoms with E-state index in [0.717, 1.165) is 12.8 Å². The lowest BCUT2D eigenvalue weighted by Gasteiger charge is -2.14. The molecule has 2 aromatic heterocycles. The van der Waals surface area contributed by atoms with E-state index >= 15 is 0 Å². The molecule has 2 N–H and O–H groups in total. The molecule has 4 rings (SSSR count). The molecule has 1 aliphatic rings. The van der Waals surface area contributed by atoms with Crippen molar-refractivity contribution in [2.24, 2.45) is 0 Å². The fourth-order valence-electron chi connectivity index (χ4n) is 2.94. The van der Waals surface area contributed by atoms with Crippen molar-refractivity contribution in [3.8, 4) is 11.6 Å². The smallest absolute Gasteiger partial charge is 0.257 e. The maximum Gasteiger partial charge on any atom is 0.257 e. The van der Waals surface area contributed by atoms with Gasteiger partial charge in [0.1, 0.15) is 22.3 Å². The highest BCUT2D eigenvalue weighted by atomic mass is 16.6. The molecule has 0 atom stereocenters. The van der Waals surface area contributed by atoms with Crippen molar-refractivity contribution in [3.05, 3.63) is 53.7 Å². The predicted octanol–water partition coefficient (Wildman–Crippen LogP) is 4.03. The van der Waals surface area contributed by atoms with Crippen LogP contribution < -0.4 is 10.1 Å². The van der Waals surface area contributed by atoms with Gasteiger partial charge in [-0.1, -0.05) is 11.6 Å². The Morgan fingerprint density at radius 2 is 2.03 bits per heavy atom. The zero-order valence-corrected chi connectivity index (χ0v) is 17.2. The number of hydrogen-bond donors (Lipinski definition) is 2. The Bertz CT molecular complexity index is 1010. The normalized spacial score (nSPS) is 13.4. The fourth-order valence-corrected chi connectivity index (χ4v) is 2.94. The zero-order valence-electron chi connectivity index (χ0n) is 17.2. The van der Waals surface area contributed by atoms with Crippen LogP contribution in [0.15, 0.2) is 52.8 Å². The second-order valence-electron chi connectivity index (χ2n) is 7.26. The number of aromatic nitrogens is 3. The maximum absolute atomic E-state index is 12.6. The number of carbonyl (C=O) groups excluding carboxylic acids is 1. The summed E-state index contributed by atoms with van der Waals surface area (Å²) >= 11 is 0. The Morgan fingerprint density at radius 3 is 2.80 bits per heavy atom. The molecule has 0 saturated carbocycles. The summed E-state index contributed by atoms with van der Waals surface area (Å²) in [7, 11) is 0. The number of pyridine rings is 1. The number of amides is 1. The molecule has 8 heteroatoms. The number of fused-ring (bicyclic) bond motifs is 1. The van der Waals surface area contributed by atoms with Crippen molar-refractivity contribution in [1.82, 2.24) is 20.6 Å². The lowest BCUT2D eigenvalue weighted by atomic mass is 10.00. The standard InChI is InChI=1S/C19H18N4O3.C3H8O/c24-18(21-12-13-5-2-1-3-6-13)15-7-4-10-20-19(15)25-14-8-9-16-17(11-14)23-26-22-16;1-3(2)4/h4-5,7-11H,1-3,6,12H2,(H,21,24);3-4H,1-2H3. The van der Waals surface area contributed by atoms with E-state index in [1.54, 1.807) is 50.4 Å². The van der Waals surface area contributed by atoms with Crippen LogP contribution >= 0.6 is 0 Å². The summed E-state index contributed by atoms with van der Waals surface area (Å²) in [6.07, 6.45) is 8.18. The molecular formula is C22H26N4O4. The summed E-state index contributed by atoms with van der Waals surface area (Å²) in [6, 6.07) is 8.57. The van der Waals surface area contributed by atoms with E-state index in [0.29, 0.717) is 28.9 Å². The molecule has 0 aliphatic heterocycles. The maximum atomic E-state index is 12.6. The number of aliphatic hydroxyl groups excluding tert-OH is 1. The third kappa shape index (κ3) is 6.12. The average Bonchev–Trinajstić information content (AvgIpc) is 3.21. The number of rotatable bonds is 5. The highest BCUT2D eigenvalue weighted by Crippen LogP contribution is 2.25. The van der Waals surface area contributed by atoms with Crippen molar-refractivity contribution in [2.45, 2.75) is 45.6 Å². The van der Waals surface area contributed by atoms with E-state index in [9.17, 15) is 4.79 Å². The first-order valence-corrected chi connectivity index (χ1v) is 10.0. The van der Waals surface area contributed by atoms with Crippen LogP contribution in [0.2, 0.25) is 0 Å². The summed E-state index contributed by atoms with van der Waals surface area (Å²) in [5, 5.41) is 18.6. The quantitative estimate of drug-likeness (QED) is 0.611. The highest BCUT2D eigenvalue weighted by molar-refractivity contribution is 5.96. The Labute approximate surface area is 174 Å². The summed E-state index contributed by atoms with van der Waals surface area (Å²) in [4.78, 5) is 16.8. The van der Waals surface area contributed by atoms with E-state index in [1.165, 1.54) is 18.4 Å². The second-order valence-corrected chi connectivity index (χ2v) is 7.26. The number of allylic oxidation sites excluding steroid dienone is 1. The molecule has 1 aromatic carbocycles. The van der Waals surface area contributed by atoms with Crippen LogP contribution in [0, 0.1) is 0 Å². The van der Waals surface area contributed by atoms with Gasteiger partial charge < -0.3 is 15.2 Å². The minimum atomic E-state index is -0.205. The third-order valence-electron chi connectivity index (χ3n) is 4.32. The van der Waals surface area contributed by atoms with E-state index in [2.05, 4.69) is 31.3 Å². The lowest BCUT2D eigenvalue weighted by molar-refractivity contribution is 0.0953. The number of benzene rings is 1. The summed E-state index contributed by atoms with van der Waals surface area (Å²) in [5.74, 6) is 0.554. The van der Waals surface area contributed by atoms with Gasteiger partial charge in [-0.25, -0.2) is 9.61 Å². The van der Waals surface area contributed by atoms with Crippen molar-refractivity contribution in [3.63, 3.8) is 0 Å². The SMILES string of the molecule is CC(C)O.O=C(NCC1=CCCCC1)c1cccnc1Oc1ccc2nonc2c1. The number of hydrogen-bond acceptors (Lipinski definition) is 7. The highest BCUT2D eigenvalue weighted by Gasteiger charge is 2.15. The Balaban J connectivity index is 0.000000589. The monoisotopic (exact) mass is 410 g/mol. The van der Waals surface area contributed by atoms with Gasteiger partial charge in [0.2, 0.25) is 5.88 Å². The van der Waals surface area contributed by atoms with E-state index in [-0.39, 0.29) is 17.9 Å². The molecule has 2 heterocycles. The van der Waals surface area contributed by atoms with Crippen LogP contribution in [-0.4, -0.2) is 39.0 Å². The van der Waals surface area contributed by atoms with Crippen LogP contribution in [0.4, 0.5) is 0 Å². The van der Waals surface area contributed by atoms with Crippen LogP contribution in [0.1, 0.15) is 49.9 Å². The molecule has 0 bridgehead atoms. The van der Waals surface area contributed by atoms with Crippen molar-refractivity contribution >= 4 is 16.9 Å². The van der Waals surface area contributed by atoms with Gasteiger partial charge >= 0.3 is 0 Å². The van der Waals surface area contributed by atoms with Gasteiger partial charge in [-0.15, -0.1) is 0 Å². The minimum absolute atomic E-state index is 0.167. The molecule has 30 heavy (non-hydrogen) atoms. The fraction of sp³-hybridized carbons (Fsp3) is 0.364. The van der Waals surface area contributed by atoms with Crippen LogP contribution in [0.3, 0.4) is 0 Å². The van der Waals surface area contributed by atoms with Gasteiger partial charge in [0.15, 0.2) is 0 Å². The Kier molecular flexibility index (Phi) is 7.51. The number of carbonyl (C=O) groups is 1. The van der Waals surface area contributed by atoms with Crippen LogP contribution in [-0.2, 0) is 0 Å². The zero-order chi connectivity index (χ0) is 21.3. The van der Waals surface area contributed by atoms with Gasteiger partial charge in [-0.3, -0.25) is 4.79 Å². The average molecular weight is 410 g/mol. The molecule has 1 amide bonds. The van der Waals surface area contributed by atoms with Crippen molar-refractivity contribution in [2.75, 3.05) is 6.54 Å². The molecule has 0 radical (unpaired) electrons. The first-order chi connectivity index (χ1) is 14.5. The topological polar surface area (TPSA) is 110 Å². The number of nitrogens with zero attached hydrogens (tertiary/aromatic N) is 3. The van der Waals surface area contributed by atoms with E-state index < -0.39 is 0 Å². The summed E-state index contributed by atoms with van der Waals surface area (Å²) in [5.41, 5.74) is 2.88. The molecule has 0 saturated heterocycles. The largest absolute Gasteiger partial charge is 0.438 e.